The van der Waals surface area contributed by atoms with Crippen molar-refractivity contribution in [1.29, 1.82) is 0 Å². The van der Waals surface area contributed by atoms with Crippen molar-refractivity contribution in [2.24, 2.45) is 0 Å². The Morgan fingerprint density at radius 1 is 0.391 bits per heavy atom. The van der Waals surface area contributed by atoms with E-state index in [1.807, 2.05) is 0 Å². The molecule has 8 nitrogen and oxygen atoms in total. The minimum absolute atomic E-state index is 0. The zero-order valence-electron chi connectivity index (χ0n) is 9.42. The fraction of sp³-hybridized carbons (Fsp3) is 0.500. The number of carboxylic acid groups (broad SMARTS) is 4. The quantitative estimate of drug-likeness (QED) is 0.295. The Kier molecular flexibility index (Phi) is 194. The van der Waals surface area contributed by atoms with Gasteiger partial charge in [-0.3, -0.25) is 19.2 Å². The summed E-state index contributed by atoms with van der Waals surface area (Å²) in [6.07, 6.45) is 0. The zero-order valence-corrected chi connectivity index (χ0v) is 9.42. The van der Waals surface area contributed by atoms with E-state index >= 15 is 0 Å². The van der Waals surface area contributed by atoms with Crippen molar-refractivity contribution < 1.29 is 39.6 Å². The number of rotatable bonds is 0. The number of hydrogen-bond acceptors (Lipinski definition) is 4. The van der Waals surface area contributed by atoms with Gasteiger partial charge in [-0.15, -0.1) is 0 Å². The van der Waals surface area contributed by atoms with E-state index in [0.717, 1.165) is 27.7 Å². The van der Waals surface area contributed by atoms with Gasteiger partial charge >= 0.3 is 207 Å². The van der Waals surface area contributed by atoms with Crippen LogP contribution in [0.3, 0.4) is 0 Å². The van der Waals surface area contributed by atoms with Gasteiger partial charge in [0, 0.05) is 27.7 Å². The third-order valence-corrected chi connectivity index (χ3v) is 0. The van der Waals surface area contributed by atoms with Gasteiger partial charge in [0.15, 0.2) is 0 Å². The van der Waals surface area contributed by atoms with Crippen molar-refractivity contribution in [3.63, 3.8) is 0 Å². The van der Waals surface area contributed by atoms with Crippen molar-refractivity contribution in [1.82, 2.24) is 0 Å². The van der Waals surface area contributed by atoms with Crippen LogP contribution in [0.1, 0.15) is 27.7 Å². The first-order chi connectivity index (χ1) is 6.93. The van der Waals surface area contributed by atoms with Crippen molar-refractivity contribution in [2.45, 2.75) is 27.7 Å². The summed E-state index contributed by atoms with van der Waals surface area (Å²) in [6, 6.07) is 0. The van der Waals surface area contributed by atoms with Crippen molar-refractivity contribution in [2.75, 3.05) is 0 Å². The Hall–Kier alpha value is 4.88. The molecule has 0 aliphatic rings. The SMILES string of the molecule is CC(=O)O.CC(=O)O.CC(=O)O.CC(=O)O.[NaH].[NaH].[NaH].[NaH].[NaH].[NaH].[NaH]. The van der Waals surface area contributed by atoms with Gasteiger partial charge in [0.2, 0.25) is 0 Å². The molecule has 15 heteroatoms. The first kappa shape index (κ1) is 70.7. The number of aliphatic carboxylic acids is 4. The summed E-state index contributed by atoms with van der Waals surface area (Å²) in [7, 11) is 0. The molecule has 0 saturated carbocycles. The molecule has 0 radical (unpaired) electrons. The first-order valence-corrected chi connectivity index (χ1v) is 3.71. The van der Waals surface area contributed by atoms with E-state index < -0.39 is 23.9 Å². The van der Waals surface area contributed by atoms with E-state index in [2.05, 4.69) is 0 Å². The summed E-state index contributed by atoms with van der Waals surface area (Å²) >= 11 is 0. The van der Waals surface area contributed by atoms with Gasteiger partial charge in [0.05, 0.1) is 0 Å². The third-order valence-electron chi connectivity index (χ3n) is 0. The number of hydrogen-bond donors (Lipinski definition) is 4. The van der Waals surface area contributed by atoms with Crippen LogP contribution in [0.5, 0.6) is 0 Å². The standard InChI is InChI=1S/4C2H4O2.7Na.7H/c4*1-2(3)4;;;;;;;;;;;;;;/h4*1H3,(H,3,4);;;;;;;;;;;;;;. The molecule has 23 heavy (non-hydrogen) atoms. The molecule has 0 heterocycles. The van der Waals surface area contributed by atoms with Gasteiger partial charge in [-0.05, 0) is 0 Å². The van der Waals surface area contributed by atoms with E-state index in [-0.39, 0.29) is 207 Å². The summed E-state index contributed by atoms with van der Waals surface area (Å²) in [4.78, 5) is 36.0. The topological polar surface area (TPSA) is 149 Å². The molecule has 0 bridgehead atoms. The Morgan fingerprint density at radius 2 is 0.391 bits per heavy atom. The third kappa shape index (κ3) is 699. The molecule has 0 fully saturated rings. The minimum atomic E-state index is -0.833. The molecule has 0 aromatic carbocycles. The van der Waals surface area contributed by atoms with Crippen LogP contribution in [0.25, 0.3) is 0 Å². The van der Waals surface area contributed by atoms with Gasteiger partial charge in [-0.1, -0.05) is 0 Å². The Balaban J connectivity index is -0.00000000842. The molecule has 0 amide bonds. The Bertz CT molecular complexity index is 176. The average molecular weight is 408 g/mol. The molecular weight excluding hydrogens is 385 g/mol. The van der Waals surface area contributed by atoms with E-state index in [9.17, 15) is 0 Å². The summed E-state index contributed by atoms with van der Waals surface area (Å²) in [5.74, 6) is -3.33. The summed E-state index contributed by atoms with van der Waals surface area (Å²) in [5.41, 5.74) is 0. The normalized spacial score (nSPS) is 4.35. The molecular formula is C8H23Na7O8. The molecule has 0 aromatic heterocycles. The zero-order chi connectivity index (χ0) is 14.3. The molecule has 0 atom stereocenters. The molecule has 0 saturated heterocycles. The van der Waals surface area contributed by atoms with Crippen molar-refractivity contribution in [3.05, 3.63) is 0 Å². The van der Waals surface area contributed by atoms with Crippen LogP contribution in [0, 0.1) is 0 Å². The fourth-order valence-electron chi connectivity index (χ4n) is 0. The van der Waals surface area contributed by atoms with Crippen LogP contribution in [-0.2, 0) is 19.2 Å². The molecule has 0 aliphatic heterocycles. The summed E-state index contributed by atoms with van der Waals surface area (Å²) in [5, 5.41) is 29.7. The van der Waals surface area contributed by atoms with Gasteiger partial charge in [0.25, 0.3) is 23.9 Å². The molecule has 0 unspecified atom stereocenters. The van der Waals surface area contributed by atoms with E-state index in [1.54, 1.807) is 0 Å². The van der Waals surface area contributed by atoms with Crippen LogP contribution in [0.4, 0.5) is 0 Å². The first-order valence-electron chi connectivity index (χ1n) is 3.71. The summed E-state index contributed by atoms with van der Waals surface area (Å²) < 4.78 is 0. The molecule has 110 valence electrons. The number of carboxylic acids is 4. The van der Waals surface area contributed by atoms with Crippen LogP contribution >= 0.6 is 0 Å². The van der Waals surface area contributed by atoms with Gasteiger partial charge < -0.3 is 20.4 Å². The maximum atomic E-state index is 9.00. The molecule has 0 rings (SSSR count). The van der Waals surface area contributed by atoms with Crippen LogP contribution in [-0.4, -0.2) is 251 Å². The van der Waals surface area contributed by atoms with Gasteiger partial charge in [0.1, 0.15) is 0 Å². The Morgan fingerprint density at radius 3 is 0.391 bits per heavy atom. The van der Waals surface area contributed by atoms with Crippen LogP contribution < -0.4 is 0 Å². The molecule has 0 aromatic rings. The second kappa shape index (κ2) is 63.2. The molecule has 0 spiro atoms. The summed E-state index contributed by atoms with van der Waals surface area (Å²) in [6.45, 7) is 4.33. The molecule has 4 N–H and O–H groups in total. The van der Waals surface area contributed by atoms with Gasteiger partial charge in [-0.2, -0.15) is 0 Å². The second-order valence-corrected chi connectivity index (χ2v) is 2.08. The van der Waals surface area contributed by atoms with E-state index in [0.29, 0.717) is 0 Å². The maximum absolute atomic E-state index is 9.00. The van der Waals surface area contributed by atoms with E-state index in [4.69, 9.17) is 39.6 Å². The van der Waals surface area contributed by atoms with Crippen LogP contribution in [0.15, 0.2) is 0 Å². The van der Waals surface area contributed by atoms with E-state index in [1.165, 1.54) is 0 Å². The fourth-order valence-corrected chi connectivity index (χ4v) is 0. The van der Waals surface area contributed by atoms with Gasteiger partial charge in [-0.25, -0.2) is 0 Å². The predicted molar refractivity (Wildman–Crippen MR) is 103 cm³/mol. The monoisotopic (exact) mass is 408 g/mol. The number of carbonyl (C=O) groups is 4. The van der Waals surface area contributed by atoms with Crippen molar-refractivity contribution in [3.8, 4) is 0 Å². The molecule has 0 aliphatic carbocycles. The Labute approximate surface area is 291 Å². The van der Waals surface area contributed by atoms with Crippen molar-refractivity contribution >= 4 is 231 Å². The van der Waals surface area contributed by atoms with Crippen LogP contribution in [0.2, 0.25) is 0 Å². The average Bonchev–Trinajstić information content (AvgIpc) is 1.76. The predicted octanol–water partition coefficient (Wildman–Crippen LogP) is -4.18. The second-order valence-electron chi connectivity index (χ2n) is 2.08.